The Balaban J connectivity index is 1.37. The van der Waals surface area contributed by atoms with Crippen molar-refractivity contribution in [2.45, 2.75) is 32.2 Å². The van der Waals surface area contributed by atoms with E-state index in [-0.39, 0.29) is 17.6 Å². The third-order valence-electron chi connectivity index (χ3n) is 5.31. The Morgan fingerprint density at radius 1 is 1.12 bits per heavy atom. The minimum Gasteiger partial charge on any atom is -0.352 e. The number of likely N-dealkylation sites (tertiary alicyclic amines) is 1. The molecule has 0 unspecified atom stereocenters. The smallest absolute Gasteiger partial charge is 0.223 e. The van der Waals surface area contributed by atoms with E-state index in [0.29, 0.717) is 6.54 Å². The van der Waals surface area contributed by atoms with Crippen molar-refractivity contribution < 1.29 is 9.18 Å². The fourth-order valence-corrected chi connectivity index (χ4v) is 3.74. The third-order valence-corrected chi connectivity index (χ3v) is 5.31. The van der Waals surface area contributed by atoms with E-state index in [0.717, 1.165) is 50.5 Å². The minimum absolute atomic E-state index is 0.120. The van der Waals surface area contributed by atoms with E-state index < -0.39 is 0 Å². The first kappa shape index (κ1) is 17.4. The monoisotopic (exact) mass is 333 g/mol. The molecule has 1 aromatic rings. The summed E-state index contributed by atoms with van der Waals surface area (Å²) in [6.07, 6.45) is 4.44. The van der Waals surface area contributed by atoms with Gasteiger partial charge in [0.25, 0.3) is 0 Å². The highest BCUT2D eigenvalue weighted by atomic mass is 19.1. The summed E-state index contributed by atoms with van der Waals surface area (Å²) in [5.74, 6) is 0.830. The summed E-state index contributed by atoms with van der Waals surface area (Å²) in [6, 6.07) is 6.30. The lowest BCUT2D eigenvalue weighted by molar-refractivity contribution is -0.126. The predicted molar refractivity (Wildman–Crippen MR) is 93.0 cm³/mol. The average molecular weight is 333 g/mol. The van der Waals surface area contributed by atoms with Gasteiger partial charge in [0.1, 0.15) is 5.82 Å². The second-order valence-corrected chi connectivity index (χ2v) is 7.11. The quantitative estimate of drug-likeness (QED) is 0.868. The number of halogens is 1. The van der Waals surface area contributed by atoms with Crippen LogP contribution in [0.15, 0.2) is 24.3 Å². The van der Waals surface area contributed by atoms with Gasteiger partial charge in [-0.3, -0.25) is 4.79 Å². The van der Waals surface area contributed by atoms with Gasteiger partial charge >= 0.3 is 0 Å². The number of carbonyl (C=O) groups is 1. The standard InChI is InChI=1S/C19H28FN3O/c20-18-3-1-15(2-4-18)13-22-19(24)17-7-11-23(12-8-17)14-16-5-9-21-10-6-16/h1-4,16-17,21H,5-14H2,(H,22,24). The third kappa shape index (κ3) is 5.02. The largest absolute Gasteiger partial charge is 0.352 e. The van der Waals surface area contributed by atoms with Crippen LogP contribution in [0.2, 0.25) is 0 Å². The molecular weight excluding hydrogens is 305 g/mol. The maximum atomic E-state index is 12.9. The van der Waals surface area contributed by atoms with E-state index in [4.69, 9.17) is 0 Å². The maximum Gasteiger partial charge on any atom is 0.223 e. The highest BCUT2D eigenvalue weighted by Gasteiger charge is 2.26. The minimum atomic E-state index is -0.244. The number of nitrogens with zero attached hydrogens (tertiary/aromatic N) is 1. The Bertz CT molecular complexity index is 520. The summed E-state index contributed by atoms with van der Waals surface area (Å²) in [5.41, 5.74) is 0.938. The van der Waals surface area contributed by atoms with E-state index in [2.05, 4.69) is 15.5 Å². The molecule has 0 saturated carbocycles. The molecule has 0 radical (unpaired) electrons. The van der Waals surface area contributed by atoms with Gasteiger partial charge in [-0.2, -0.15) is 0 Å². The fourth-order valence-electron chi connectivity index (χ4n) is 3.74. The van der Waals surface area contributed by atoms with Crippen LogP contribution in [0.5, 0.6) is 0 Å². The number of amides is 1. The van der Waals surface area contributed by atoms with Crippen LogP contribution in [0.25, 0.3) is 0 Å². The van der Waals surface area contributed by atoms with Crippen LogP contribution in [-0.2, 0) is 11.3 Å². The normalized spacial score (nSPS) is 20.9. The lowest BCUT2D eigenvalue weighted by Crippen LogP contribution is -2.43. The Morgan fingerprint density at radius 3 is 2.46 bits per heavy atom. The number of benzene rings is 1. The van der Waals surface area contributed by atoms with Crippen molar-refractivity contribution >= 4 is 5.91 Å². The molecule has 2 aliphatic heterocycles. The van der Waals surface area contributed by atoms with Crippen molar-refractivity contribution in [3.05, 3.63) is 35.6 Å². The second kappa shape index (κ2) is 8.58. The molecule has 24 heavy (non-hydrogen) atoms. The molecule has 2 aliphatic rings. The first-order chi connectivity index (χ1) is 11.7. The molecule has 0 aliphatic carbocycles. The van der Waals surface area contributed by atoms with Crippen LogP contribution in [-0.4, -0.2) is 43.5 Å². The van der Waals surface area contributed by atoms with Gasteiger partial charge < -0.3 is 15.5 Å². The van der Waals surface area contributed by atoms with E-state index in [1.807, 2.05) is 0 Å². The molecule has 5 heteroatoms. The molecule has 132 valence electrons. The molecule has 4 nitrogen and oxygen atoms in total. The highest BCUT2D eigenvalue weighted by molar-refractivity contribution is 5.78. The number of nitrogens with one attached hydrogen (secondary N) is 2. The zero-order valence-corrected chi connectivity index (χ0v) is 14.3. The summed E-state index contributed by atoms with van der Waals surface area (Å²) >= 11 is 0. The van der Waals surface area contributed by atoms with Crippen LogP contribution in [0.1, 0.15) is 31.2 Å². The number of carbonyl (C=O) groups excluding carboxylic acids is 1. The number of hydrogen-bond donors (Lipinski definition) is 2. The van der Waals surface area contributed by atoms with Gasteiger partial charge in [0.05, 0.1) is 0 Å². The Morgan fingerprint density at radius 2 is 1.79 bits per heavy atom. The molecule has 2 heterocycles. The van der Waals surface area contributed by atoms with Gasteiger partial charge in [0.15, 0.2) is 0 Å². The Labute approximate surface area is 143 Å². The Hall–Kier alpha value is -1.46. The summed E-state index contributed by atoms with van der Waals surface area (Å²) in [4.78, 5) is 14.9. The fraction of sp³-hybridized carbons (Fsp3) is 0.632. The Kier molecular flexibility index (Phi) is 6.21. The van der Waals surface area contributed by atoms with Crippen LogP contribution in [0.3, 0.4) is 0 Å². The molecule has 0 spiro atoms. The molecule has 1 amide bonds. The molecule has 0 atom stereocenters. The summed E-state index contributed by atoms with van der Waals surface area (Å²) < 4.78 is 12.9. The molecule has 3 rings (SSSR count). The first-order valence-corrected chi connectivity index (χ1v) is 9.16. The molecule has 2 saturated heterocycles. The first-order valence-electron chi connectivity index (χ1n) is 9.16. The van der Waals surface area contributed by atoms with Crippen molar-refractivity contribution in [3.8, 4) is 0 Å². The molecule has 2 fully saturated rings. The molecule has 2 N–H and O–H groups in total. The SMILES string of the molecule is O=C(NCc1ccc(F)cc1)C1CCN(CC2CCNCC2)CC1. The average Bonchev–Trinajstić information content (AvgIpc) is 2.62. The summed E-state index contributed by atoms with van der Waals surface area (Å²) in [6.45, 7) is 6.01. The number of hydrogen-bond acceptors (Lipinski definition) is 3. The van der Waals surface area contributed by atoms with Crippen molar-refractivity contribution in [3.63, 3.8) is 0 Å². The van der Waals surface area contributed by atoms with E-state index in [9.17, 15) is 9.18 Å². The molecular formula is C19H28FN3O. The molecule has 0 bridgehead atoms. The van der Waals surface area contributed by atoms with Gasteiger partial charge in [-0.15, -0.1) is 0 Å². The number of rotatable bonds is 5. The second-order valence-electron chi connectivity index (χ2n) is 7.11. The van der Waals surface area contributed by atoms with Gasteiger partial charge in [-0.25, -0.2) is 4.39 Å². The summed E-state index contributed by atoms with van der Waals surface area (Å²) in [5, 5.41) is 6.41. The highest BCUT2D eigenvalue weighted by Crippen LogP contribution is 2.21. The van der Waals surface area contributed by atoms with Gasteiger partial charge in [-0.1, -0.05) is 12.1 Å². The van der Waals surface area contributed by atoms with Crippen molar-refractivity contribution in [1.29, 1.82) is 0 Å². The zero-order chi connectivity index (χ0) is 16.8. The lowest BCUT2D eigenvalue weighted by atomic mass is 9.93. The lowest BCUT2D eigenvalue weighted by Gasteiger charge is -2.35. The maximum absolute atomic E-state index is 12.9. The number of piperidine rings is 2. The topological polar surface area (TPSA) is 44.4 Å². The van der Waals surface area contributed by atoms with Crippen molar-refractivity contribution in [1.82, 2.24) is 15.5 Å². The molecule has 1 aromatic carbocycles. The van der Waals surface area contributed by atoms with Gasteiger partial charge in [-0.05, 0) is 75.5 Å². The van der Waals surface area contributed by atoms with E-state index >= 15 is 0 Å². The van der Waals surface area contributed by atoms with Gasteiger partial charge in [0.2, 0.25) is 5.91 Å². The summed E-state index contributed by atoms with van der Waals surface area (Å²) in [7, 11) is 0. The predicted octanol–water partition coefficient (Wildman–Crippen LogP) is 2.15. The molecule has 0 aromatic heterocycles. The van der Waals surface area contributed by atoms with Gasteiger partial charge in [0, 0.05) is 19.0 Å². The van der Waals surface area contributed by atoms with Crippen LogP contribution in [0, 0.1) is 17.7 Å². The van der Waals surface area contributed by atoms with Crippen molar-refractivity contribution in [2.75, 3.05) is 32.7 Å². The zero-order valence-electron chi connectivity index (χ0n) is 14.3. The van der Waals surface area contributed by atoms with E-state index in [1.165, 1.54) is 31.5 Å². The van der Waals surface area contributed by atoms with Crippen molar-refractivity contribution in [2.24, 2.45) is 11.8 Å². The van der Waals surface area contributed by atoms with Crippen LogP contribution >= 0.6 is 0 Å². The van der Waals surface area contributed by atoms with Crippen LogP contribution < -0.4 is 10.6 Å². The van der Waals surface area contributed by atoms with Crippen LogP contribution in [0.4, 0.5) is 4.39 Å². The van der Waals surface area contributed by atoms with E-state index in [1.54, 1.807) is 12.1 Å².